The normalized spacial score (nSPS) is 18.9. The molecule has 2 aliphatic rings. The number of carbonyl (C=O) groups is 10. The first kappa shape index (κ1) is 69.6. The lowest BCUT2D eigenvalue weighted by atomic mass is 9.95. The first-order valence-electron chi connectivity index (χ1n) is 27.6. The number of carboxylic acids is 1. The van der Waals surface area contributed by atoms with E-state index in [0.717, 1.165) is 4.90 Å². The molecular weight excluding hydrogens is 1060 g/mol. The maximum Gasteiger partial charge on any atom is 0.326 e. The summed E-state index contributed by atoms with van der Waals surface area (Å²) in [6, 6.07) is -12.0. The second kappa shape index (κ2) is 34.6. The van der Waals surface area contributed by atoms with Crippen LogP contribution in [0.1, 0.15) is 126 Å². The summed E-state index contributed by atoms with van der Waals surface area (Å²) in [5.41, 5.74) is 28.1. The van der Waals surface area contributed by atoms with E-state index in [9.17, 15) is 58.2 Å². The minimum atomic E-state index is -1.57. The van der Waals surface area contributed by atoms with Gasteiger partial charge in [0, 0.05) is 26.2 Å². The van der Waals surface area contributed by atoms with E-state index in [1.807, 2.05) is 20.1 Å². The number of thioether (sulfide) groups is 1. The Kier molecular flexibility index (Phi) is 30.1. The van der Waals surface area contributed by atoms with E-state index >= 15 is 0 Å². The third-order valence-corrected chi connectivity index (χ3v) is 14.6. The van der Waals surface area contributed by atoms with Crippen molar-refractivity contribution in [1.82, 2.24) is 47.0 Å². The van der Waals surface area contributed by atoms with Crippen LogP contribution < -0.4 is 65.9 Å². The van der Waals surface area contributed by atoms with Crippen molar-refractivity contribution in [3.63, 3.8) is 0 Å². The number of carboxylic acid groups (broad SMARTS) is 1. The fraction of sp³-hybridized carbons (Fsp3) is 0.765. The van der Waals surface area contributed by atoms with Crippen LogP contribution in [0.5, 0.6) is 0 Å². The zero-order valence-corrected chi connectivity index (χ0v) is 48.8. The number of hydrogen-bond acceptors (Lipinski definition) is 15. The molecule has 12 atom stereocenters. The van der Waals surface area contributed by atoms with Gasteiger partial charge in [-0.15, -0.1) is 0 Å². The Hall–Kier alpha value is -6.49. The molecule has 0 saturated carbocycles. The van der Waals surface area contributed by atoms with E-state index in [2.05, 4.69) is 47.2 Å². The summed E-state index contributed by atoms with van der Waals surface area (Å²) in [6.07, 6.45) is 3.03. The van der Waals surface area contributed by atoms with E-state index < -0.39 is 137 Å². The number of nitrogens with zero attached hydrogens (tertiary/aromatic N) is 4. The summed E-state index contributed by atoms with van der Waals surface area (Å²) < 4.78 is 0. The standard InChI is InChI=1S/C51H92N16O12S/c1-10-28(6)38(64-44(73)37(27(4)5)63-42(71)33(16-12-21-58-51(55)56)61-41(70)32(15-11-20-57-50(53)54)60-40(69)31(52)19-24-80-9)45(74)62-34(25-26(2)3)48(77)66-22-13-17-35(66)43(72)65-39(30(8)68)46(75)59-29(7)47(76)67-23-14-18-36(67)49(78)79/h26-39,68H,10-25,52H2,1-9H3,(H,59,75)(H,60,69)(H,61,70)(H,62,74)(H,63,71)(H,64,73)(H,65,72)(H,78,79)(H4,53,54,57)(H4,55,56,58)/t28-,29-,30+,31-,32-,33-,34-,35-,36-,37-,38-,39-/m0/s1. The van der Waals surface area contributed by atoms with Gasteiger partial charge in [-0.2, -0.15) is 11.8 Å². The quantitative estimate of drug-likeness (QED) is 0.0171. The van der Waals surface area contributed by atoms with Crippen molar-refractivity contribution in [1.29, 1.82) is 0 Å². The average molecular weight is 1150 g/mol. The Morgan fingerprint density at radius 3 is 1.56 bits per heavy atom. The molecule has 0 spiro atoms. The molecule has 9 amide bonds. The van der Waals surface area contributed by atoms with Crippen LogP contribution in [0.3, 0.4) is 0 Å². The zero-order valence-electron chi connectivity index (χ0n) is 48.0. The topological polar surface area (TPSA) is 457 Å². The molecule has 454 valence electrons. The summed E-state index contributed by atoms with van der Waals surface area (Å²) in [6.45, 7) is 13.7. The molecule has 2 saturated heterocycles. The molecule has 0 unspecified atom stereocenters. The van der Waals surface area contributed by atoms with Crippen LogP contribution in [0.25, 0.3) is 0 Å². The van der Waals surface area contributed by atoms with E-state index in [1.54, 1.807) is 27.7 Å². The number of amides is 9. The largest absolute Gasteiger partial charge is 0.480 e. The van der Waals surface area contributed by atoms with Crippen molar-refractivity contribution in [2.75, 3.05) is 38.2 Å². The van der Waals surface area contributed by atoms with Gasteiger partial charge in [-0.3, -0.25) is 53.1 Å². The van der Waals surface area contributed by atoms with Gasteiger partial charge in [0.05, 0.1) is 12.1 Å². The molecule has 0 bridgehead atoms. The molecule has 2 aliphatic heterocycles. The molecule has 80 heavy (non-hydrogen) atoms. The number of guanidine groups is 2. The van der Waals surface area contributed by atoms with Gasteiger partial charge in [-0.05, 0) is 108 Å². The minimum absolute atomic E-state index is 0.0137. The van der Waals surface area contributed by atoms with Gasteiger partial charge in [0.15, 0.2) is 11.9 Å². The fourth-order valence-electron chi connectivity index (χ4n) is 9.22. The highest BCUT2D eigenvalue weighted by atomic mass is 32.2. The van der Waals surface area contributed by atoms with Crippen LogP contribution in [-0.2, 0) is 47.9 Å². The van der Waals surface area contributed by atoms with Crippen LogP contribution in [0, 0.1) is 17.8 Å². The lowest BCUT2D eigenvalue weighted by Gasteiger charge is -2.33. The Balaban J connectivity index is 2.36. The first-order valence-corrected chi connectivity index (χ1v) is 28.9. The van der Waals surface area contributed by atoms with Gasteiger partial charge in [0.25, 0.3) is 0 Å². The SMILES string of the molecule is CC[C@H](C)[C@H](NC(=O)[C@@H](NC(=O)[C@H](CCCN=C(N)N)NC(=O)[C@H](CCCN=C(N)N)NC(=O)[C@@H](N)CCSC)C(C)C)C(=O)N[C@@H](CC(C)C)C(=O)N1CCC[C@H]1C(=O)N[C@H](C(=O)N[C@@H](C)C(=O)N1CCC[C@H]1C(=O)O)[C@@H](C)O. The second-order valence-electron chi connectivity index (χ2n) is 21.4. The number of nitrogens with one attached hydrogen (secondary N) is 7. The van der Waals surface area contributed by atoms with E-state index in [1.165, 1.54) is 30.5 Å². The van der Waals surface area contributed by atoms with E-state index in [-0.39, 0.29) is 89.0 Å². The molecule has 28 nitrogen and oxygen atoms in total. The van der Waals surface area contributed by atoms with E-state index in [0.29, 0.717) is 31.4 Å². The molecule has 2 rings (SSSR count). The van der Waals surface area contributed by atoms with Gasteiger partial charge in [-0.25, -0.2) is 4.79 Å². The molecule has 19 N–H and O–H groups in total. The number of aliphatic imine (C=N–C) groups is 2. The van der Waals surface area contributed by atoms with Gasteiger partial charge in [-0.1, -0.05) is 48.0 Å². The van der Waals surface area contributed by atoms with Crippen molar-refractivity contribution in [3.8, 4) is 0 Å². The number of rotatable bonds is 34. The molecule has 2 fully saturated rings. The molecule has 0 aliphatic carbocycles. The number of nitrogens with two attached hydrogens (primary N) is 5. The van der Waals surface area contributed by atoms with Gasteiger partial charge < -0.3 is 85.9 Å². The summed E-state index contributed by atoms with van der Waals surface area (Å²) in [5.74, 6) is -8.68. The van der Waals surface area contributed by atoms with Crippen molar-refractivity contribution in [3.05, 3.63) is 0 Å². The lowest BCUT2D eigenvalue weighted by molar-refractivity contribution is -0.149. The maximum absolute atomic E-state index is 14.5. The molecule has 2 heterocycles. The second-order valence-corrected chi connectivity index (χ2v) is 22.4. The predicted molar refractivity (Wildman–Crippen MR) is 303 cm³/mol. The molecule has 0 aromatic heterocycles. The molecular formula is C51H92N16O12S. The molecule has 29 heteroatoms. The summed E-state index contributed by atoms with van der Waals surface area (Å²) in [5, 5.41) is 39.0. The third-order valence-electron chi connectivity index (χ3n) is 13.9. The Morgan fingerprint density at radius 1 is 0.600 bits per heavy atom. The lowest BCUT2D eigenvalue weighted by Crippen LogP contribution is -2.62. The number of aliphatic hydroxyl groups is 1. The van der Waals surface area contributed by atoms with Crippen molar-refractivity contribution >= 4 is 82.8 Å². The van der Waals surface area contributed by atoms with Crippen molar-refractivity contribution in [2.24, 2.45) is 56.4 Å². The molecule has 0 radical (unpaired) electrons. The van der Waals surface area contributed by atoms with E-state index in [4.69, 9.17) is 28.7 Å². The van der Waals surface area contributed by atoms with Crippen LogP contribution in [0.4, 0.5) is 0 Å². The fourth-order valence-corrected chi connectivity index (χ4v) is 9.71. The highest BCUT2D eigenvalue weighted by Gasteiger charge is 2.43. The highest BCUT2D eigenvalue weighted by molar-refractivity contribution is 7.98. The van der Waals surface area contributed by atoms with Crippen LogP contribution in [-0.4, -0.2) is 196 Å². The first-order chi connectivity index (χ1) is 37.6. The van der Waals surface area contributed by atoms with Crippen LogP contribution in [0.2, 0.25) is 0 Å². The summed E-state index contributed by atoms with van der Waals surface area (Å²) in [7, 11) is 0. The monoisotopic (exact) mass is 1150 g/mol. The van der Waals surface area contributed by atoms with Gasteiger partial charge >= 0.3 is 5.97 Å². The number of aliphatic hydroxyl groups excluding tert-OH is 1. The summed E-state index contributed by atoms with van der Waals surface area (Å²) >= 11 is 1.50. The maximum atomic E-state index is 14.5. The van der Waals surface area contributed by atoms with Crippen LogP contribution in [0.15, 0.2) is 9.98 Å². The van der Waals surface area contributed by atoms with Crippen LogP contribution >= 0.6 is 11.8 Å². The Labute approximate surface area is 473 Å². The van der Waals surface area contributed by atoms with Crippen molar-refractivity contribution in [2.45, 2.75) is 193 Å². The molecule has 0 aromatic rings. The van der Waals surface area contributed by atoms with Gasteiger partial charge in [0.2, 0.25) is 53.2 Å². The zero-order chi connectivity index (χ0) is 60.6. The minimum Gasteiger partial charge on any atom is -0.480 e. The number of hydrogen-bond donors (Lipinski definition) is 14. The molecule has 0 aromatic carbocycles. The highest BCUT2D eigenvalue weighted by Crippen LogP contribution is 2.23. The van der Waals surface area contributed by atoms with Crippen molar-refractivity contribution < 1.29 is 58.2 Å². The van der Waals surface area contributed by atoms with Gasteiger partial charge in [0.1, 0.15) is 54.4 Å². The smallest absolute Gasteiger partial charge is 0.326 e. The number of likely N-dealkylation sites (tertiary alicyclic amines) is 2. The third kappa shape index (κ3) is 22.6. The number of carbonyl (C=O) groups excluding carboxylic acids is 9. The average Bonchev–Trinajstić information content (AvgIpc) is 4.10. The summed E-state index contributed by atoms with van der Waals surface area (Å²) in [4.78, 5) is 147. The predicted octanol–water partition coefficient (Wildman–Crippen LogP) is -3.22. The number of aliphatic carboxylic acids is 1. The Bertz CT molecular complexity index is 2180. The Morgan fingerprint density at radius 2 is 1.07 bits per heavy atom.